The monoisotopic (exact) mass is 213 g/mol. The fourth-order valence-corrected chi connectivity index (χ4v) is 1.02. The van der Waals surface area contributed by atoms with Crippen LogP contribution < -0.4 is 10.7 Å². The van der Waals surface area contributed by atoms with Crippen LogP contribution in [0, 0.1) is 6.57 Å². The molecular formula is C8H5F2N3O2. The lowest BCUT2D eigenvalue weighted by molar-refractivity contribution is -0.119. The molecule has 0 aromatic carbocycles. The van der Waals surface area contributed by atoms with Gasteiger partial charge in [0.15, 0.2) is 11.5 Å². The van der Waals surface area contributed by atoms with Gasteiger partial charge in [-0.15, -0.1) is 0 Å². The second-order valence-electron chi connectivity index (χ2n) is 2.51. The van der Waals surface area contributed by atoms with E-state index >= 15 is 0 Å². The van der Waals surface area contributed by atoms with E-state index in [1.807, 2.05) is 0 Å². The summed E-state index contributed by atoms with van der Waals surface area (Å²) in [5, 5.41) is 2.08. The van der Waals surface area contributed by atoms with Crippen molar-refractivity contribution >= 4 is 11.6 Å². The number of nitrogens with one attached hydrogen (secondary N) is 2. The molecule has 78 valence electrons. The minimum atomic E-state index is -1.47. The van der Waals surface area contributed by atoms with E-state index in [1.54, 1.807) is 5.43 Å². The Balaban J connectivity index is 3.28. The minimum absolute atomic E-state index is 0.743. The number of likely N-dealkylation sites (N-methyl/N-ethyl adjacent to an activating group) is 1. The van der Waals surface area contributed by atoms with Crippen LogP contribution in [-0.2, 0) is 9.59 Å². The maximum atomic E-state index is 13.2. The predicted octanol–water partition coefficient (Wildman–Crippen LogP) is 0.144. The molecule has 0 amide bonds. The number of nitrogens with zero attached hydrogens (tertiary/aromatic N) is 1. The van der Waals surface area contributed by atoms with Crippen LogP contribution in [0.2, 0.25) is 0 Å². The van der Waals surface area contributed by atoms with Gasteiger partial charge >= 0.3 is 0 Å². The van der Waals surface area contributed by atoms with E-state index in [2.05, 4.69) is 10.3 Å². The molecule has 7 heteroatoms. The Morgan fingerprint density at radius 3 is 2.07 bits per heavy atom. The zero-order valence-corrected chi connectivity index (χ0v) is 7.52. The molecule has 0 spiro atoms. The molecule has 1 rings (SSSR count). The smallest absolute Gasteiger partial charge is 0.249 e. The summed E-state index contributed by atoms with van der Waals surface area (Å²) < 4.78 is 26.3. The standard InChI is InChI=1S/C8H5F2N3O2/c1-11-5-3(9)8(15)6(13-12-2)4(10)7(5)14/h11,13H,1H3. The number of rotatable bonds is 2. The van der Waals surface area contributed by atoms with Crippen LogP contribution >= 0.6 is 0 Å². The third-order valence-corrected chi connectivity index (χ3v) is 1.71. The highest BCUT2D eigenvalue weighted by atomic mass is 19.1. The fourth-order valence-electron chi connectivity index (χ4n) is 1.02. The Morgan fingerprint density at radius 2 is 1.60 bits per heavy atom. The SMILES string of the molecule is [C-]#[N+]NC1=C(F)C(=O)C(NC)=C(F)C1=O. The van der Waals surface area contributed by atoms with Gasteiger partial charge in [0.2, 0.25) is 17.4 Å². The van der Waals surface area contributed by atoms with Gasteiger partial charge in [-0.05, 0) is 0 Å². The second-order valence-corrected chi connectivity index (χ2v) is 2.51. The summed E-state index contributed by atoms with van der Waals surface area (Å²) in [7, 11) is 1.18. The minimum Gasteiger partial charge on any atom is -0.382 e. The van der Waals surface area contributed by atoms with Crippen molar-refractivity contribution in [2.75, 3.05) is 7.05 Å². The highest BCUT2D eigenvalue weighted by molar-refractivity contribution is 6.22. The van der Waals surface area contributed by atoms with Crippen LogP contribution in [0.25, 0.3) is 4.95 Å². The van der Waals surface area contributed by atoms with Crippen molar-refractivity contribution in [3.8, 4) is 0 Å². The highest BCUT2D eigenvalue weighted by Crippen LogP contribution is 2.23. The van der Waals surface area contributed by atoms with Crippen molar-refractivity contribution in [1.29, 1.82) is 0 Å². The molecule has 0 bridgehead atoms. The van der Waals surface area contributed by atoms with E-state index in [0.29, 0.717) is 0 Å². The Hall–Kier alpha value is -2.23. The maximum absolute atomic E-state index is 13.2. The lowest BCUT2D eigenvalue weighted by atomic mass is 10.0. The van der Waals surface area contributed by atoms with Crippen LogP contribution in [0.3, 0.4) is 0 Å². The zero-order valence-electron chi connectivity index (χ0n) is 7.52. The number of halogens is 2. The van der Waals surface area contributed by atoms with E-state index in [4.69, 9.17) is 6.57 Å². The van der Waals surface area contributed by atoms with E-state index in [0.717, 1.165) is 0 Å². The fraction of sp³-hybridized carbons (Fsp3) is 0.125. The lowest BCUT2D eigenvalue weighted by Crippen LogP contribution is -2.31. The van der Waals surface area contributed by atoms with Gasteiger partial charge in [0.25, 0.3) is 0 Å². The normalized spacial score (nSPS) is 16.7. The number of ketones is 2. The van der Waals surface area contributed by atoms with E-state index in [1.165, 1.54) is 7.05 Å². The number of carbonyl (C=O) groups excluding carboxylic acids is 2. The van der Waals surface area contributed by atoms with Gasteiger partial charge in [0.1, 0.15) is 5.70 Å². The molecule has 5 nitrogen and oxygen atoms in total. The summed E-state index contributed by atoms with van der Waals surface area (Å²) in [6.07, 6.45) is 0. The Kier molecular flexibility index (Phi) is 2.80. The lowest BCUT2D eigenvalue weighted by Gasteiger charge is -2.12. The van der Waals surface area contributed by atoms with Gasteiger partial charge in [-0.25, -0.2) is 4.39 Å². The van der Waals surface area contributed by atoms with Gasteiger partial charge in [0, 0.05) is 7.05 Å². The van der Waals surface area contributed by atoms with Gasteiger partial charge in [0.05, 0.1) is 0 Å². The molecule has 0 radical (unpaired) electrons. The molecule has 0 saturated carbocycles. The largest absolute Gasteiger partial charge is 0.382 e. The summed E-state index contributed by atoms with van der Waals surface area (Å²) >= 11 is 0. The van der Waals surface area contributed by atoms with Crippen molar-refractivity contribution in [3.63, 3.8) is 0 Å². The quantitative estimate of drug-likeness (QED) is 0.389. The van der Waals surface area contributed by atoms with Crippen molar-refractivity contribution in [3.05, 3.63) is 34.6 Å². The molecule has 1 aliphatic carbocycles. The van der Waals surface area contributed by atoms with Gasteiger partial charge < -0.3 is 5.32 Å². The molecule has 0 fully saturated rings. The molecule has 0 unspecified atom stereocenters. The zero-order chi connectivity index (χ0) is 11.6. The summed E-state index contributed by atoms with van der Waals surface area (Å²) in [6, 6.07) is 0. The Bertz CT molecular complexity index is 445. The molecule has 1 aliphatic rings. The topological polar surface area (TPSA) is 62.6 Å². The summed E-state index contributed by atoms with van der Waals surface area (Å²) in [6.45, 7) is 6.34. The number of Topliss-reactive ketones (excluding diaryl/α,β-unsaturated/α-hetero) is 2. The van der Waals surface area contributed by atoms with Crippen LogP contribution in [0.15, 0.2) is 23.0 Å². The summed E-state index contributed by atoms with van der Waals surface area (Å²) in [5.74, 6) is -5.52. The van der Waals surface area contributed by atoms with Crippen molar-refractivity contribution in [1.82, 2.24) is 10.7 Å². The molecule has 2 N–H and O–H groups in total. The molecular weight excluding hydrogens is 208 g/mol. The van der Waals surface area contributed by atoms with Crippen LogP contribution in [0.4, 0.5) is 8.78 Å². The molecule has 0 saturated heterocycles. The number of hydrogen-bond acceptors (Lipinski definition) is 4. The average Bonchev–Trinajstić information content (AvgIpc) is 2.23. The van der Waals surface area contributed by atoms with Crippen LogP contribution in [0.5, 0.6) is 0 Å². The van der Waals surface area contributed by atoms with Gasteiger partial charge in [-0.1, -0.05) is 5.43 Å². The summed E-state index contributed by atoms with van der Waals surface area (Å²) in [5.41, 5.74) is -0.0953. The van der Waals surface area contributed by atoms with E-state index in [-0.39, 0.29) is 0 Å². The van der Waals surface area contributed by atoms with Crippen molar-refractivity contribution in [2.45, 2.75) is 0 Å². The molecule has 0 aromatic heterocycles. The number of allylic oxidation sites excluding steroid dienone is 2. The third-order valence-electron chi connectivity index (χ3n) is 1.71. The second kappa shape index (κ2) is 3.88. The van der Waals surface area contributed by atoms with Gasteiger partial charge in [-0.3, -0.25) is 9.59 Å². The molecule has 0 atom stereocenters. The highest BCUT2D eigenvalue weighted by Gasteiger charge is 2.37. The molecule has 0 aromatic rings. The first kappa shape index (κ1) is 10.8. The maximum Gasteiger partial charge on any atom is 0.249 e. The summed E-state index contributed by atoms with van der Waals surface area (Å²) in [4.78, 5) is 24.7. The Morgan fingerprint density at radius 1 is 1.13 bits per heavy atom. The molecule has 0 heterocycles. The third kappa shape index (κ3) is 1.57. The molecule has 0 aliphatic heterocycles. The van der Waals surface area contributed by atoms with Crippen LogP contribution in [0.1, 0.15) is 0 Å². The van der Waals surface area contributed by atoms with Crippen LogP contribution in [-0.4, -0.2) is 18.6 Å². The number of hydrogen-bond donors (Lipinski definition) is 2. The first-order valence-electron chi connectivity index (χ1n) is 3.73. The van der Waals surface area contributed by atoms with Crippen molar-refractivity contribution < 1.29 is 18.4 Å². The average molecular weight is 213 g/mol. The number of carbonyl (C=O) groups is 2. The Labute approximate surface area is 83.2 Å². The molecule has 15 heavy (non-hydrogen) atoms. The first-order valence-corrected chi connectivity index (χ1v) is 3.73. The van der Waals surface area contributed by atoms with Gasteiger partial charge in [-0.2, -0.15) is 15.9 Å². The predicted molar refractivity (Wildman–Crippen MR) is 45.1 cm³/mol. The van der Waals surface area contributed by atoms with Crippen molar-refractivity contribution in [2.24, 2.45) is 0 Å². The van der Waals surface area contributed by atoms with E-state index < -0.39 is 34.6 Å². The first-order chi connectivity index (χ1) is 7.04. The van der Waals surface area contributed by atoms with E-state index in [9.17, 15) is 18.4 Å².